The molecule has 2 fully saturated rings. The van der Waals surface area contributed by atoms with Crippen LogP contribution in [0.15, 0.2) is 54.6 Å². The topological polar surface area (TPSA) is 59.5 Å². The van der Waals surface area contributed by atoms with Crippen LogP contribution < -0.4 is 0 Å². The van der Waals surface area contributed by atoms with E-state index in [9.17, 15) is 9.59 Å². The SMILES string of the molecule is CC1(C)C[C@H]2C[C@@](C)(CN2C(=O)COC(=O)c2cc(-c3ccccc3Cl)nc3ccccc23)C1. The summed E-state index contributed by atoms with van der Waals surface area (Å²) in [6, 6.07) is 16.7. The molecule has 1 aliphatic carbocycles. The molecule has 176 valence electrons. The minimum absolute atomic E-state index is 0.121. The fraction of sp³-hybridized carbons (Fsp3) is 0.393. The molecule has 5 nitrogen and oxygen atoms in total. The maximum absolute atomic E-state index is 13.2. The van der Waals surface area contributed by atoms with E-state index in [0.717, 1.165) is 31.4 Å². The molecular formula is C28H29ClN2O3. The Morgan fingerprint density at radius 1 is 1.09 bits per heavy atom. The number of carbonyl (C=O) groups is 2. The zero-order chi connectivity index (χ0) is 24.1. The Hall–Kier alpha value is -2.92. The molecule has 0 unspecified atom stereocenters. The second kappa shape index (κ2) is 8.38. The van der Waals surface area contributed by atoms with Crippen molar-refractivity contribution in [3.63, 3.8) is 0 Å². The molecule has 6 heteroatoms. The fourth-order valence-corrected chi connectivity index (χ4v) is 6.42. The Balaban J connectivity index is 1.38. The maximum Gasteiger partial charge on any atom is 0.339 e. The van der Waals surface area contributed by atoms with Crippen LogP contribution in [0.2, 0.25) is 5.02 Å². The highest BCUT2D eigenvalue weighted by Gasteiger charge is 2.50. The second-order valence-corrected chi connectivity index (χ2v) is 11.3. The van der Waals surface area contributed by atoms with Gasteiger partial charge in [-0.25, -0.2) is 9.78 Å². The number of hydrogen-bond donors (Lipinski definition) is 0. The first kappa shape index (κ1) is 22.9. The predicted octanol–water partition coefficient (Wildman–Crippen LogP) is 6.14. The van der Waals surface area contributed by atoms with Crippen LogP contribution in [0.1, 0.15) is 50.4 Å². The highest BCUT2D eigenvalue weighted by molar-refractivity contribution is 6.33. The van der Waals surface area contributed by atoms with Crippen LogP contribution in [0.3, 0.4) is 0 Å². The van der Waals surface area contributed by atoms with Gasteiger partial charge in [-0.15, -0.1) is 0 Å². The smallest absolute Gasteiger partial charge is 0.339 e. The van der Waals surface area contributed by atoms with Gasteiger partial charge in [0.2, 0.25) is 0 Å². The van der Waals surface area contributed by atoms with E-state index in [1.165, 1.54) is 0 Å². The molecule has 1 aliphatic heterocycles. The van der Waals surface area contributed by atoms with Crippen LogP contribution in [0, 0.1) is 10.8 Å². The van der Waals surface area contributed by atoms with Crippen LogP contribution in [-0.2, 0) is 9.53 Å². The van der Waals surface area contributed by atoms with Gasteiger partial charge in [0.25, 0.3) is 5.91 Å². The zero-order valence-corrected chi connectivity index (χ0v) is 20.6. The maximum atomic E-state index is 13.2. The molecule has 3 aromatic rings. The number of benzene rings is 2. The molecular weight excluding hydrogens is 448 g/mol. The van der Waals surface area contributed by atoms with Crippen molar-refractivity contribution in [1.82, 2.24) is 9.88 Å². The number of pyridine rings is 1. The van der Waals surface area contributed by atoms with Gasteiger partial charge in [0.1, 0.15) is 0 Å². The Morgan fingerprint density at radius 3 is 2.62 bits per heavy atom. The van der Waals surface area contributed by atoms with Gasteiger partial charge in [-0.1, -0.05) is 68.8 Å². The fourth-order valence-electron chi connectivity index (χ4n) is 6.19. The van der Waals surface area contributed by atoms with Crippen LogP contribution in [0.5, 0.6) is 0 Å². The highest BCUT2D eigenvalue weighted by atomic mass is 35.5. The van der Waals surface area contributed by atoms with Crippen LogP contribution >= 0.6 is 11.6 Å². The van der Waals surface area contributed by atoms with E-state index in [1.807, 2.05) is 47.4 Å². The molecule has 0 radical (unpaired) electrons. The van der Waals surface area contributed by atoms with Crippen molar-refractivity contribution >= 4 is 34.4 Å². The minimum Gasteiger partial charge on any atom is -0.452 e. The summed E-state index contributed by atoms with van der Waals surface area (Å²) in [7, 11) is 0. The van der Waals surface area contributed by atoms with Gasteiger partial charge in [0.05, 0.1) is 16.8 Å². The summed E-state index contributed by atoms with van der Waals surface area (Å²) in [5, 5.41) is 1.23. The molecule has 2 heterocycles. The third-order valence-corrected chi connectivity index (χ3v) is 7.48. The number of para-hydroxylation sites is 1. The Labute approximate surface area is 205 Å². The van der Waals surface area contributed by atoms with E-state index >= 15 is 0 Å². The van der Waals surface area contributed by atoms with Crippen molar-refractivity contribution in [1.29, 1.82) is 0 Å². The average Bonchev–Trinajstić information content (AvgIpc) is 3.05. The standard InChI is InChI=1S/C28H29ClN2O3/c1-27(2)13-18-14-28(3,16-27)17-31(18)25(32)15-34-26(33)21-12-24(20-9-4-6-10-22(20)29)30-23-11-7-5-8-19(21)23/h4-12,18H,13-17H2,1-3H3/t18-,28+/m0/s1. The van der Waals surface area contributed by atoms with Gasteiger partial charge in [-0.3, -0.25) is 4.79 Å². The van der Waals surface area contributed by atoms with Crippen molar-refractivity contribution < 1.29 is 14.3 Å². The predicted molar refractivity (Wildman–Crippen MR) is 134 cm³/mol. The molecule has 0 spiro atoms. The molecule has 0 N–H and O–H groups in total. The van der Waals surface area contributed by atoms with Crippen molar-refractivity contribution in [2.45, 2.75) is 46.1 Å². The van der Waals surface area contributed by atoms with Crippen molar-refractivity contribution in [2.24, 2.45) is 10.8 Å². The molecule has 1 saturated heterocycles. The number of aromatic nitrogens is 1. The number of nitrogens with zero attached hydrogens (tertiary/aromatic N) is 2. The first-order valence-corrected chi connectivity index (χ1v) is 12.1. The number of likely N-dealkylation sites (tertiary alicyclic amines) is 1. The van der Waals surface area contributed by atoms with Crippen molar-refractivity contribution in [3.8, 4) is 11.3 Å². The Bertz CT molecular complexity index is 1290. The summed E-state index contributed by atoms with van der Waals surface area (Å²) < 4.78 is 5.57. The summed E-state index contributed by atoms with van der Waals surface area (Å²) in [6.07, 6.45) is 3.11. The largest absolute Gasteiger partial charge is 0.452 e. The molecule has 2 aromatic carbocycles. The zero-order valence-electron chi connectivity index (χ0n) is 19.8. The molecule has 2 atom stereocenters. The molecule has 1 amide bonds. The number of fused-ring (bicyclic) bond motifs is 3. The van der Waals surface area contributed by atoms with Gasteiger partial charge >= 0.3 is 5.97 Å². The number of halogens is 1. The number of ether oxygens (including phenoxy) is 1. The monoisotopic (exact) mass is 476 g/mol. The van der Waals surface area contributed by atoms with Gasteiger partial charge < -0.3 is 9.64 Å². The Kier molecular flexibility index (Phi) is 5.64. The van der Waals surface area contributed by atoms with E-state index in [-0.39, 0.29) is 29.4 Å². The van der Waals surface area contributed by atoms with E-state index in [2.05, 4.69) is 20.8 Å². The first-order chi connectivity index (χ1) is 16.1. The third kappa shape index (κ3) is 4.29. The lowest BCUT2D eigenvalue weighted by Crippen LogP contribution is -2.39. The molecule has 2 aliphatic rings. The van der Waals surface area contributed by atoms with Gasteiger partial charge in [-0.2, -0.15) is 0 Å². The molecule has 2 bridgehead atoms. The number of rotatable bonds is 4. The van der Waals surface area contributed by atoms with E-state index < -0.39 is 5.97 Å². The van der Waals surface area contributed by atoms with Gasteiger partial charge in [0, 0.05) is 28.6 Å². The second-order valence-electron chi connectivity index (χ2n) is 10.9. The van der Waals surface area contributed by atoms with Gasteiger partial charge in [-0.05, 0) is 48.3 Å². The van der Waals surface area contributed by atoms with Crippen molar-refractivity contribution in [2.75, 3.05) is 13.2 Å². The van der Waals surface area contributed by atoms with E-state index in [0.29, 0.717) is 27.2 Å². The summed E-state index contributed by atoms with van der Waals surface area (Å²) in [5.74, 6) is -0.654. The summed E-state index contributed by atoms with van der Waals surface area (Å²) in [4.78, 5) is 32.9. The normalized spacial score (nSPS) is 23.2. The lowest BCUT2D eigenvalue weighted by atomic mass is 9.65. The lowest BCUT2D eigenvalue weighted by Gasteiger charge is -2.39. The average molecular weight is 477 g/mol. The van der Waals surface area contributed by atoms with Crippen molar-refractivity contribution in [3.05, 3.63) is 65.2 Å². The van der Waals surface area contributed by atoms with E-state index in [1.54, 1.807) is 12.1 Å². The minimum atomic E-state index is -0.533. The molecule has 5 rings (SSSR count). The van der Waals surface area contributed by atoms with Gasteiger partial charge in [0.15, 0.2) is 6.61 Å². The van der Waals surface area contributed by atoms with Crippen LogP contribution in [-0.4, -0.2) is 41.0 Å². The molecule has 1 saturated carbocycles. The summed E-state index contributed by atoms with van der Waals surface area (Å²) >= 11 is 6.39. The quantitative estimate of drug-likeness (QED) is 0.424. The van der Waals surface area contributed by atoms with Crippen LogP contribution in [0.4, 0.5) is 0 Å². The third-order valence-electron chi connectivity index (χ3n) is 7.15. The molecule has 1 aromatic heterocycles. The number of hydrogen-bond acceptors (Lipinski definition) is 4. The highest BCUT2D eigenvalue weighted by Crippen LogP contribution is 2.52. The Morgan fingerprint density at radius 2 is 1.82 bits per heavy atom. The number of esters is 1. The number of amides is 1. The van der Waals surface area contributed by atoms with Crippen LogP contribution in [0.25, 0.3) is 22.2 Å². The summed E-state index contributed by atoms with van der Waals surface area (Å²) in [6.45, 7) is 7.28. The van der Waals surface area contributed by atoms with E-state index in [4.69, 9.17) is 21.3 Å². The number of carbonyl (C=O) groups excluding carboxylic acids is 2. The molecule has 34 heavy (non-hydrogen) atoms. The lowest BCUT2D eigenvalue weighted by molar-refractivity contribution is -0.135. The summed E-state index contributed by atoms with van der Waals surface area (Å²) in [5.41, 5.74) is 2.72. The first-order valence-electron chi connectivity index (χ1n) is 11.8.